The number of unbranched alkanes of at least 4 members (excludes halogenated alkanes) is 1. The number of carbonyl (C=O) groups is 2. The summed E-state index contributed by atoms with van der Waals surface area (Å²) in [5, 5.41) is 8.33. The summed E-state index contributed by atoms with van der Waals surface area (Å²) in [6, 6.07) is 17.0. The standard InChI is InChI=1S/C13H10O.C6H14N2O2/c14-10-11-6-8-13(9-7-11)12-4-2-1-3-5-12;7-4-2-1-3-5(8)6(9)10/h1-10H;5H,1-4,7-8H2,(H,9,10). The summed E-state index contributed by atoms with van der Waals surface area (Å²) in [7, 11) is 0. The van der Waals surface area contributed by atoms with Crippen LogP contribution in [0.4, 0.5) is 0 Å². The maximum atomic E-state index is 10.5. The van der Waals surface area contributed by atoms with Gasteiger partial charge >= 0.3 is 5.97 Å². The van der Waals surface area contributed by atoms with Crippen LogP contribution in [0.2, 0.25) is 0 Å². The molecule has 1 unspecified atom stereocenters. The molecule has 1 atom stereocenters. The van der Waals surface area contributed by atoms with Crippen molar-refractivity contribution in [2.45, 2.75) is 25.3 Å². The monoisotopic (exact) mass is 328 g/mol. The van der Waals surface area contributed by atoms with Crippen molar-refractivity contribution >= 4 is 12.3 Å². The number of rotatable bonds is 7. The molecule has 5 heteroatoms. The van der Waals surface area contributed by atoms with Crippen LogP contribution in [-0.4, -0.2) is 29.9 Å². The van der Waals surface area contributed by atoms with Crippen LogP contribution in [0.5, 0.6) is 0 Å². The van der Waals surface area contributed by atoms with Crippen molar-refractivity contribution in [3.63, 3.8) is 0 Å². The fraction of sp³-hybridized carbons (Fsp3) is 0.263. The lowest BCUT2D eigenvalue weighted by Gasteiger charge is -2.03. The second-order valence-corrected chi connectivity index (χ2v) is 5.34. The highest BCUT2D eigenvalue weighted by atomic mass is 16.4. The Morgan fingerprint density at radius 2 is 1.58 bits per heavy atom. The van der Waals surface area contributed by atoms with E-state index < -0.39 is 12.0 Å². The third-order valence-corrected chi connectivity index (χ3v) is 3.44. The van der Waals surface area contributed by atoms with E-state index in [1.165, 1.54) is 5.56 Å². The van der Waals surface area contributed by atoms with Gasteiger partial charge in [-0.05, 0) is 30.5 Å². The zero-order valence-corrected chi connectivity index (χ0v) is 13.6. The summed E-state index contributed by atoms with van der Waals surface area (Å²) in [5.74, 6) is -0.933. The predicted octanol–water partition coefficient (Wildman–Crippen LogP) is 2.69. The molecule has 0 aliphatic heterocycles. The highest BCUT2D eigenvalue weighted by Gasteiger charge is 2.09. The normalized spacial score (nSPS) is 11.1. The molecule has 0 saturated heterocycles. The van der Waals surface area contributed by atoms with E-state index in [1.54, 1.807) is 0 Å². The Bertz CT molecular complexity index is 612. The van der Waals surface area contributed by atoms with E-state index in [2.05, 4.69) is 12.1 Å². The van der Waals surface area contributed by atoms with Gasteiger partial charge in [-0.1, -0.05) is 61.0 Å². The SMILES string of the molecule is NCCCCC(N)C(=O)O.O=Cc1ccc(-c2ccccc2)cc1. The molecule has 0 aliphatic carbocycles. The van der Waals surface area contributed by atoms with Crippen molar-refractivity contribution in [2.24, 2.45) is 11.5 Å². The van der Waals surface area contributed by atoms with Crippen molar-refractivity contribution in [2.75, 3.05) is 6.54 Å². The minimum atomic E-state index is -0.933. The first kappa shape index (κ1) is 19.5. The summed E-state index contributed by atoms with van der Waals surface area (Å²) in [6.07, 6.45) is 3.02. The molecule has 0 saturated carbocycles. The largest absolute Gasteiger partial charge is 0.480 e. The summed E-state index contributed by atoms with van der Waals surface area (Å²) < 4.78 is 0. The molecule has 2 aromatic rings. The molecule has 0 heterocycles. The molecule has 128 valence electrons. The van der Waals surface area contributed by atoms with Crippen molar-refractivity contribution in [3.8, 4) is 11.1 Å². The summed E-state index contributed by atoms with van der Waals surface area (Å²) in [5.41, 5.74) is 13.4. The smallest absolute Gasteiger partial charge is 0.320 e. The fourth-order valence-corrected chi connectivity index (χ4v) is 2.02. The van der Waals surface area contributed by atoms with Crippen LogP contribution in [-0.2, 0) is 4.79 Å². The highest BCUT2D eigenvalue weighted by molar-refractivity contribution is 5.76. The Labute approximate surface area is 142 Å². The molecule has 0 amide bonds. The van der Waals surface area contributed by atoms with E-state index in [1.807, 2.05) is 42.5 Å². The number of aldehydes is 1. The van der Waals surface area contributed by atoms with Gasteiger partial charge in [0.05, 0.1) is 0 Å². The molecule has 0 radical (unpaired) electrons. The topological polar surface area (TPSA) is 106 Å². The van der Waals surface area contributed by atoms with Crippen LogP contribution >= 0.6 is 0 Å². The summed E-state index contributed by atoms with van der Waals surface area (Å²) in [6.45, 7) is 0.604. The molecule has 24 heavy (non-hydrogen) atoms. The number of carbonyl (C=O) groups excluding carboxylic acids is 1. The van der Waals surface area contributed by atoms with Crippen molar-refractivity contribution in [3.05, 3.63) is 60.2 Å². The lowest BCUT2D eigenvalue weighted by molar-refractivity contribution is -0.138. The van der Waals surface area contributed by atoms with Gasteiger partial charge in [0.2, 0.25) is 0 Å². The molecular weight excluding hydrogens is 304 g/mol. The van der Waals surface area contributed by atoms with Crippen LogP contribution in [0, 0.1) is 0 Å². The van der Waals surface area contributed by atoms with Gasteiger partial charge in [-0.25, -0.2) is 0 Å². The lowest BCUT2D eigenvalue weighted by atomic mass is 10.0. The van der Waals surface area contributed by atoms with Crippen molar-refractivity contribution in [1.29, 1.82) is 0 Å². The van der Waals surface area contributed by atoms with Gasteiger partial charge in [0.25, 0.3) is 0 Å². The molecular formula is C19H24N2O3. The second kappa shape index (κ2) is 11.1. The Balaban J connectivity index is 0.000000257. The van der Waals surface area contributed by atoms with Crippen LogP contribution in [0.3, 0.4) is 0 Å². The maximum Gasteiger partial charge on any atom is 0.320 e. The van der Waals surface area contributed by atoms with E-state index in [-0.39, 0.29) is 0 Å². The third-order valence-electron chi connectivity index (χ3n) is 3.44. The van der Waals surface area contributed by atoms with Crippen LogP contribution in [0.25, 0.3) is 11.1 Å². The number of aliphatic carboxylic acids is 1. The van der Waals surface area contributed by atoms with Crippen LogP contribution in [0.15, 0.2) is 54.6 Å². The minimum absolute atomic E-state index is 0.520. The van der Waals surface area contributed by atoms with Gasteiger partial charge < -0.3 is 16.6 Å². The van der Waals surface area contributed by atoms with E-state index in [4.69, 9.17) is 16.6 Å². The molecule has 0 fully saturated rings. The Hall–Kier alpha value is -2.50. The molecule has 5 N–H and O–H groups in total. The number of benzene rings is 2. The molecule has 0 aliphatic rings. The van der Waals surface area contributed by atoms with Gasteiger partial charge in [0.15, 0.2) is 0 Å². The second-order valence-electron chi connectivity index (χ2n) is 5.34. The van der Waals surface area contributed by atoms with E-state index in [9.17, 15) is 9.59 Å². The van der Waals surface area contributed by atoms with Gasteiger partial charge in [-0.3, -0.25) is 9.59 Å². The Morgan fingerprint density at radius 1 is 1.00 bits per heavy atom. The summed E-state index contributed by atoms with van der Waals surface area (Å²) in [4.78, 5) is 20.6. The third kappa shape index (κ3) is 7.17. The first-order chi connectivity index (χ1) is 11.6. The Kier molecular flexibility index (Phi) is 9.04. The zero-order chi connectivity index (χ0) is 17.8. The molecule has 0 bridgehead atoms. The maximum absolute atomic E-state index is 10.5. The van der Waals surface area contributed by atoms with Gasteiger partial charge in [0.1, 0.15) is 12.3 Å². The fourth-order valence-electron chi connectivity index (χ4n) is 2.02. The molecule has 0 spiro atoms. The van der Waals surface area contributed by atoms with Crippen LogP contribution < -0.4 is 11.5 Å². The molecule has 5 nitrogen and oxygen atoms in total. The number of carboxylic acids is 1. The lowest BCUT2D eigenvalue weighted by Crippen LogP contribution is -2.29. The average Bonchev–Trinajstić information content (AvgIpc) is 2.63. The first-order valence-corrected chi connectivity index (χ1v) is 7.87. The number of carboxylic acid groups (broad SMARTS) is 1. The van der Waals surface area contributed by atoms with Gasteiger partial charge in [-0.15, -0.1) is 0 Å². The zero-order valence-electron chi connectivity index (χ0n) is 13.6. The molecule has 0 aromatic heterocycles. The number of hydrogen-bond donors (Lipinski definition) is 3. The molecule has 2 rings (SSSR count). The van der Waals surface area contributed by atoms with Crippen molar-refractivity contribution in [1.82, 2.24) is 0 Å². The van der Waals surface area contributed by atoms with Crippen molar-refractivity contribution < 1.29 is 14.7 Å². The van der Waals surface area contributed by atoms with Crippen LogP contribution in [0.1, 0.15) is 29.6 Å². The van der Waals surface area contributed by atoms with E-state index in [0.717, 1.165) is 24.7 Å². The minimum Gasteiger partial charge on any atom is -0.480 e. The Morgan fingerprint density at radius 3 is 2.08 bits per heavy atom. The number of nitrogens with two attached hydrogens (primary N) is 2. The van der Waals surface area contributed by atoms with E-state index >= 15 is 0 Å². The summed E-state index contributed by atoms with van der Waals surface area (Å²) >= 11 is 0. The highest BCUT2D eigenvalue weighted by Crippen LogP contribution is 2.18. The quantitative estimate of drug-likeness (QED) is 0.535. The predicted molar refractivity (Wildman–Crippen MR) is 95.8 cm³/mol. The first-order valence-electron chi connectivity index (χ1n) is 7.87. The number of hydrogen-bond acceptors (Lipinski definition) is 4. The van der Waals surface area contributed by atoms with Gasteiger partial charge in [-0.2, -0.15) is 0 Å². The average molecular weight is 328 g/mol. The van der Waals surface area contributed by atoms with E-state index in [0.29, 0.717) is 18.5 Å². The molecule has 2 aromatic carbocycles. The van der Waals surface area contributed by atoms with Gasteiger partial charge in [0, 0.05) is 5.56 Å².